The second-order valence-corrected chi connectivity index (χ2v) is 7.71. The molecule has 0 aliphatic carbocycles. The molecule has 0 amide bonds. The van der Waals surface area contributed by atoms with Crippen molar-refractivity contribution in [3.8, 4) is 28.9 Å². The van der Waals surface area contributed by atoms with Gasteiger partial charge in [-0.15, -0.1) is 5.10 Å². The zero-order chi connectivity index (χ0) is 21.8. The molecule has 7 nitrogen and oxygen atoms in total. The standard InChI is InChI=1S/C21H21Cl2N3O4/c1-12(2)11-30-21-24-19(17-6-5-14(22)9-18(17)23)26(25-21)20(27)13-7-15(28-3)10-16(8-13)29-4/h5-10,12H,11H2,1-4H3. The number of rotatable bonds is 7. The quantitative estimate of drug-likeness (QED) is 0.505. The third-order valence-corrected chi connectivity index (χ3v) is 4.64. The highest BCUT2D eigenvalue weighted by Crippen LogP contribution is 2.31. The average molecular weight is 450 g/mol. The molecule has 3 rings (SSSR count). The van der Waals surface area contributed by atoms with E-state index >= 15 is 0 Å². The summed E-state index contributed by atoms with van der Waals surface area (Å²) in [5, 5.41) is 5.07. The molecular formula is C21H21Cl2N3O4. The Hall–Kier alpha value is -2.77. The van der Waals surface area contributed by atoms with Crippen molar-refractivity contribution in [3.05, 3.63) is 52.0 Å². The van der Waals surface area contributed by atoms with Crippen LogP contribution in [0.5, 0.6) is 17.5 Å². The Morgan fingerprint density at radius 1 is 1.07 bits per heavy atom. The number of halogens is 2. The number of carbonyl (C=O) groups excluding carboxylic acids is 1. The minimum Gasteiger partial charge on any atom is -0.497 e. The summed E-state index contributed by atoms with van der Waals surface area (Å²) in [4.78, 5) is 17.7. The van der Waals surface area contributed by atoms with E-state index in [1.54, 1.807) is 36.4 Å². The normalized spacial score (nSPS) is 10.9. The van der Waals surface area contributed by atoms with Crippen molar-refractivity contribution in [2.75, 3.05) is 20.8 Å². The SMILES string of the molecule is COc1cc(OC)cc(C(=O)n2nc(OCC(C)C)nc2-c2ccc(Cl)cc2Cl)c1. The number of hydrogen-bond donors (Lipinski definition) is 0. The van der Waals surface area contributed by atoms with Crippen LogP contribution in [0.4, 0.5) is 0 Å². The Kier molecular flexibility index (Phi) is 6.84. The van der Waals surface area contributed by atoms with Gasteiger partial charge in [0, 0.05) is 22.2 Å². The van der Waals surface area contributed by atoms with Gasteiger partial charge in [-0.1, -0.05) is 37.0 Å². The molecule has 0 N–H and O–H groups in total. The molecule has 0 unspecified atom stereocenters. The molecule has 0 fully saturated rings. The minimum atomic E-state index is -0.444. The molecule has 0 spiro atoms. The lowest BCUT2D eigenvalue weighted by Crippen LogP contribution is -2.16. The summed E-state index contributed by atoms with van der Waals surface area (Å²) >= 11 is 12.4. The van der Waals surface area contributed by atoms with Gasteiger partial charge in [-0.25, -0.2) is 0 Å². The van der Waals surface area contributed by atoms with Crippen LogP contribution in [0.3, 0.4) is 0 Å². The second kappa shape index (κ2) is 9.36. The summed E-state index contributed by atoms with van der Waals surface area (Å²) in [6.45, 7) is 4.41. The first-order valence-corrected chi connectivity index (χ1v) is 9.91. The van der Waals surface area contributed by atoms with E-state index in [9.17, 15) is 4.79 Å². The molecule has 3 aromatic rings. The number of methoxy groups -OCH3 is 2. The Bertz CT molecular complexity index is 1040. The second-order valence-electron chi connectivity index (χ2n) is 6.87. The first-order valence-electron chi connectivity index (χ1n) is 9.15. The highest BCUT2D eigenvalue weighted by Gasteiger charge is 2.23. The molecule has 0 bridgehead atoms. The van der Waals surface area contributed by atoms with Crippen molar-refractivity contribution >= 4 is 29.1 Å². The Morgan fingerprint density at radius 3 is 2.30 bits per heavy atom. The van der Waals surface area contributed by atoms with E-state index in [-0.39, 0.29) is 17.8 Å². The molecular weight excluding hydrogens is 429 g/mol. The fraction of sp³-hybridized carbons (Fsp3) is 0.286. The van der Waals surface area contributed by atoms with Gasteiger partial charge in [0.1, 0.15) is 11.5 Å². The van der Waals surface area contributed by atoms with E-state index in [1.165, 1.54) is 14.2 Å². The van der Waals surface area contributed by atoms with Gasteiger partial charge < -0.3 is 14.2 Å². The van der Waals surface area contributed by atoms with Gasteiger partial charge in [0.05, 0.1) is 25.8 Å². The number of hydrogen-bond acceptors (Lipinski definition) is 6. The summed E-state index contributed by atoms with van der Waals surface area (Å²) < 4.78 is 17.3. The zero-order valence-corrected chi connectivity index (χ0v) is 18.5. The fourth-order valence-corrected chi connectivity index (χ4v) is 3.13. The highest BCUT2D eigenvalue weighted by atomic mass is 35.5. The summed E-state index contributed by atoms with van der Waals surface area (Å²) in [5.74, 6) is 1.00. The molecule has 2 aromatic carbocycles. The van der Waals surface area contributed by atoms with Gasteiger partial charge in [-0.3, -0.25) is 4.79 Å². The highest BCUT2D eigenvalue weighted by molar-refractivity contribution is 6.36. The molecule has 1 heterocycles. The van der Waals surface area contributed by atoms with Crippen LogP contribution in [0.25, 0.3) is 11.4 Å². The van der Waals surface area contributed by atoms with Gasteiger partial charge in [0.15, 0.2) is 5.82 Å². The average Bonchev–Trinajstić information content (AvgIpc) is 3.15. The van der Waals surface area contributed by atoms with E-state index in [4.69, 9.17) is 37.4 Å². The lowest BCUT2D eigenvalue weighted by Gasteiger charge is -2.09. The van der Waals surface area contributed by atoms with Crippen LogP contribution < -0.4 is 14.2 Å². The Morgan fingerprint density at radius 2 is 1.73 bits per heavy atom. The lowest BCUT2D eigenvalue weighted by atomic mass is 10.1. The molecule has 0 aliphatic rings. The van der Waals surface area contributed by atoms with Crippen molar-refractivity contribution in [2.45, 2.75) is 13.8 Å². The number of benzene rings is 2. The van der Waals surface area contributed by atoms with Crippen LogP contribution >= 0.6 is 23.2 Å². The van der Waals surface area contributed by atoms with E-state index < -0.39 is 5.91 Å². The van der Waals surface area contributed by atoms with Crippen molar-refractivity contribution < 1.29 is 19.0 Å². The Balaban J connectivity index is 2.11. The third-order valence-electron chi connectivity index (χ3n) is 4.10. The summed E-state index contributed by atoms with van der Waals surface area (Å²) in [7, 11) is 3.02. The summed E-state index contributed by atoms with van der Waals surface area (Å²) in [5.41, 5.74) is 0.800. The van der Waals surface area contributed by atoms with Crippen LogP contribution in [0.1, 0.15) is 24.2 Å². The maximum absolute atomic E-state index is 13.3. The van der Waals surface area contributed by atoms with E-state index in [1.807, 2.05) is 13.8 Å². The maximum atomic E-state index is 13.3. The first kappa shape index (κ1) is 21.9. The summed E-state index contributed by atoms with van der Waals surface area (Å²) in [6, 6.07) is 9.85. The van der Waals surface area contributed by atoms with Crippen LogP contribution in [0.15, 0.2) is 36.4 Å². The predicted molar refractivity (Wildman–Crippen MR) is 115 cm³/mol. The van der Waals surface area contributed by atoms with Crippen molar-refractivity contribution in [3.63, 3.8) is 0 Å². The van der Waals surface area contributed by atoms with Gasteiger partial charge in [-0.05, 0) is 36.2 Å². The molecule has 0 radical (unpaired) electrons. The molecule has 0 saturated carbocycles. The third kappa shape index (κ3) is 4.86. The van der Waals surface area contributed by atoms with Crippen molar-refractivity contribution in [1.82, 2.24) is 14.8 Å². The molecule has 0 saturated heterocycles. The van der Waals surface area contributed by atoms with Gasteiger partial charge in [0.25, 0.3) is 5.91 Å². The van der Waals surface area contributed by atoms with Crippen molar-refractivity contribution in [2.24, 2.45) is 5.92 Å². The first-order chi connectivity index (χ1) is 14.3. The van der Waals surface area contributed by atoms with Crippen LogP contribution in [0.2, 0.25) is 10.0 Å². The lowest BCUT2D eigenvalue weighted by molar-refractivity contribution is 0.0943. The number of ether oxygens (including phenoxy) is 3. The molecule has 1 aromatic heterocycles. The molecule has 30 heavy (non-hydrogen) atoms. The number of nitrogens with zero attached hydrogens (tertiary/aromatic N) is 3. The zero-order valence-electron chi connectivity index (χ0n) is 17.0. The Labute approximate surface area is 184 Å². The number of carbonyl (C=O) groups is 1. The summed E-state index contributed by atoms with van der Waals surface area (Å²) in [6.07, 6.45) is 0. The van der Waals surface area contributed by atoms with Gasteiger partial charge >= 0.3 is 6.01 Å². The van der Waals surface area contributed by atoms with E-state index in [0.717, 1.165) is 4.68 Å². The molecule has 9 heteroatoms. The van der Waals surface area contributed by atoms with E-state index in [2.05, 4.69) is 10.1 Å². The predicted octanol–water partition coefficient (Wildman–Crippen LogP) is 4.99. The fourth-order valence-electron chi connectivity index (χ4n) is 2.64. The molecule has 158 valence electrons. The maximum Gasteiger partial charge on any atom is 0.336 e. The van der Waals surface area contributed by atoms with Gasteiger partial charge in [-0.2, -0.15) is 9.67 Å². The van der Waals surface area contributed by atoms with Crippen molar-refractivity contribution in [1.29, 1.82) is 0 Å². The van der Waals surface area contributed by atoms with Crippen LogP contribution in [-0.2, 0) is 0 Å². The molecule has 0 atom stereocenters. The van der Waals surface area contributed by atoms with E-state index in [0.29, 0.717) is 39.3 Å². The molecule has 0 aliphatic heterocycles. The largest absolute Gasteiger partial charge is 0.497 e. The van der Waals surface area contributed by atoms with Gasteiger partial charge in [0.2, 0.25) is 0 Å². The van der Waals surface area contributed by atoms with Crippen LogP contribution in [0, 0.1) is 5.92 Å². The minimum absolute atomic E-state index is 0.0768. The van der Waals surface area contributed by atoms with Crippen LogP contribution in [-0.4, -0.2) is 41.5 Å². The topological polar surface area (TPSA) is 75.5 Å². The smallest absolute Gasteiger partial charge is 0.336 e. The number of aromatic nitrogens is 3. The monoisotopic (exact) mass is 449 g/mol.